The van der Waals surface area contributed by atoms with Crippen molar-refractivity contribution in [3.05, 3.63) is 36.4 Å². The fourth-order valence-electron chi connectivity index (χ4n) is 3.84. The molecule has 10 nitrogen and oxygen atoms in total. The van der Waals surface area contributed by atoms with E-state index in [2.05, 4.69) is 41.4 Å². The molecule has 1 aliphatic heterocycles. The molecule has 5 rings (SSSR count). The molecule has 1 aliphatic carbocycles. The minimum Gasteiger partial charge on any atom is -0.444 e. The van der Waals surface area contributed by atoms with E-state index in [-0.39, 0.29) is 29.4 Å². The highest BCUT2D eigenvalue weighted by molar-refractivity contribution is 5.69. The predicted octanol–water partition coefficient (Wildman–Crippen LogP) is 3.53. The lowest BCUT2D eigenvalue weighted by Crippen LogP contribution is -2.37. The Morgan fingerprint density at radius 3 is 2.84 bits per heavy atom. The Hall–Kier alpha value is -3.14. The second kappa shape index (κ2) is 7.47. The molecule has 4 heterocycles. The Morgan fingerprint density at radius 2 is 2.09 bits per heavy atom. The van der Waals surface area contributed by atoms with Crippen LogP contribution in [0.5, 0.6) is 0 Å². The number of fused-ring (bicyclic) bond motifs is 1. The van der Waals surface area contributed by atoms with E-state index >= 15 is 0 Å². The fraction of sp³-hybridized carbons (Fsp3) is 0.545. The standard InChI is InChI=1S/C22H29N7O3/c1-21(2,3)29-18(25-19-24-8-5-17-23-9-10-28(17)19)12-15(27-29)16-11-14(13-31-16)32-20(30)26-22(4)6-7-22/h5,8-10,12,14,16H,6-7,11,13H2,1-4H3,(H,24,25)(H,26,30)/t14-,16-/m1/s1. The molecule has 1 saturated carbocycles. The summed E-state index contributed by atoms with van der Waals surface area (Å²) in [7, 11) is 0. The third-order valence-corrected chi connectivity index (χ3v) is 5.89. The number of amides is 1. The van der Waals surface area contributed by atoms with E-state index in [9.17, 15) is 4.79 Å². The molecule has 3 aromatic heterocycles. The first-order valence-corrected chi connectivity index (χ1v) is 11.0. The van der Waals surface area contributed by atoms with Crippen LogP contribution in [-0.4, -0.2) is 48.5 Å². The number of ether oxygens (including phenoxy) is 2. The second-order valence-electron chi connectivity index (χ2n) is 9.86. The molecule has 0 bridgehead atoms. The molecule has 10 heteroatoms. The molecule has 2 N–H and O–H groups in total. The van der Waals surface area contributed by atoms with Crippen LogP contribution in [0.2, 0.25) is 0 Å². The van der Waals surface area contributed by atoms with Crippen molar-refractivity contribution >= 4 is 23.5 Å². The first-order chi connectivity index (χ1) is 15.2. The highest BCUT2D eigenvalue weighted by atomic mass is 16.6. The molecule has 2 fully saturated rings. The van der Waals surface area contributed by atoms with Crippen molar-refractivity contribution < 1.29 is 14.3 Å². The number of rotatable bonds is 5. The summed E-state index contributed by atoms with van der Waals surface area (Å²) in [6, 6.07) is 3.82. The lowest BCUT2D eigenvalue weighted by Gasteiger charge is -2.22. The van der Waals surface area contributed by atoms with E-state index in [1.165, 1.54) is 0 Å². The third-order valence-electron chi connectivity index (χ3n) is 5.89. The highest BCUT2D eigenvalue weighted by Crippen LogP contribution is 2.36. The van der Waals surface area contributed by atoms with Crippen molar-refractivity contribution in [1.29, 1.82) is 0 Å². The summed E-state index contributed by atoms with van der Waals surface area (Å²) in [5, 5.41) is 11.1. The van der Waals surface area contributed by atoms with Gasteiger partial charge in [-0.25, -0.2) is 19.4 Å². The maximum atomic E-state index is 12.1. The van der Waals surface area contributed by atoms with Gasteiger partial charge in [-0.05, 0) is 46.6 Å². The van der Waals surface area contributed by atoms with Gasteiger partial charge in [0.25, 0.3) is 0 Å². The van der Waals surface area contributed by atoms with E-state index in [1.54, 1.807) is 12.4 Å². The summed E-state index contributed by atoms with van der Waals surface area (Å²) in [6.45, 7) is 8.64. The molecule has 170 valence electrons. The van der Waals surface area contributed by atoms with Crippen LogP contribution in [0.3, 0.4) is 0 Å². The molecule has 0 unspecified atom stereocenters. The molecule has 2 aliphatic rings. The summed E-state index contributed by atoms with van der Waals surface area (Å²) in [6.07, 6.45) is 6.96. The van der Waals surface area contributed by atoms with Crippen LogP contribution < -0.4 is 10.6 Å². The van der Waals surface area contributed by atoms with E-state index in [0.29, 0.717) is 19.0 Å². The molecule has 1 saturated heterocycles. The van der Waals surface area contributed by atoms with Gasteiger partial charge in [0.15, 0.2) is 0 Å². The molecule has 0 aromatic carbocycles. The van der Waals surface area contributed by atoms with E-state index in [0.717, 1.165) is 30.0 Å². The van der Waals surface area contributed by atoms with E-state index < -0.39 is 0 Å². The number of anilines is 2. The van der Waals surface area contributed by atoms with Crippen LogP contribution in [0.1, 0.15) is 58.8 Å². The van der Waals surface area contributed by atoms with Crippen molar-refractivity contribution in [2.24, 2.45) is 0 Å². The molecule has 0 radical (unpaired) electrons. The SMILES string of the molecule is CC1(NC(=O)O[C@H]2CO[C@@H](c3cc(Nc4nccc5nccn45)n(C(C)(C)C)n3)C2)CC1. The molecule has 3 aromatic rings. The van der Waals surface area contributed by atoms with E-state index in [4.69, 9.17) is 14.6 Å². The summed E-state index contributed by atoms with van der Waals surface area (Å²) in [4.78, 5) is 20.9. The first-order valence-electron chi connectivity index (χ1n) is 11.0. The summed E-state index contributed by atoms with van der Waals surface area (Å²) >= 11 is 0. The number of alkyl carbamates (subject to hydrolysis) is 1. The molecule has 1 amide bonds. The minimum absolute atomic E-state index is 0.103. The topological polar surface area (TPSA) is 108 Å². The predicted molar refractivity (Wildman–Crippen MR) is 118 cm³/mol. The highest BCUT2D eigenvalue weighted by Gasteiger charge is 2.40. The van der Waals surface area contributed by atoms with Gasteiger partial charge >= 0.3 is 6.09 Å². The van der Waals surface area contributed by atoms with E-state index in [1.807, 2.05) is 34.3 Å². The number of hydrogen-bond donors (Lipinski definition) is 2. The monoisotopic (exact) mass is 439 g/mol. The van der Waals surface area contributed by atoms with Gasteiger partial charge in [-0.3, -0.25) is 4.40 Å². The van der Waals surface area contributed by atoms with Crippen molar-refractivity contribution in [2.75, 3.05) is 11.9 Å². The first kappa shape index (κ1) is 20.7. The number of imidazole rings is 1. The van der Waals surface area contributed by atoms with Crippen LogP contribution in [-0.2, 0) is 15.0 Å². The zero-order valence-electron chi connectivity index (χ0n) is 18.8. The van der Waals surface area contributed by atoms with Crippen molar-refractivity contribution in [2.45, 2.75) is 70.2 Å². The number of aromatic nitrogens is 5. The van der Waals surface area contributed by atoms with Gasteiger partial charge in [-0.2, -0.15) is 5.10 Å². The fourth-order valence-corrected chi connectivity index (χ4v) is 3.84. The van der Waals surface area contributed by atoms with Crippen LogP contribution in [0.25, 0.3) is 5.65 Å². The summed E-state index contributed by atoms with van der Waals surface area (Å²) in [5.74, 6) is 1.45. The number of nitrogens with one attached hydrogen (secondary N) is 2. The van der Waals surface area contributed by atoms with Crippen LogP contribution in [0.4, 0.5) is 16.6 Å². The minimum atomic E-state index is -0.374. The van der Waals surface area contributed by atoms with Gasteiger partial charge in [0.05, 0.1) is 17.8 Å². The Morgan fingerprint density at radius 1 is 1.28 bits per heavy atom. The maximum absolute atomic E-state index is 12.1. The summed E-state index contributed by atoms with van der Waals surface area (Å²) in [5.41, 5.74) is 1.23. The number of hydrogen-bond acceptors (Lipinski definition) is 7. The molecule has 2 atom stereocenters. The largest absolute Gasteiger partial charge is 0.444 e. The smallest absolute Gasteiger partial charge is 0.407 e. The van der Waals surface area contributed by atoms with Crippen molar-refractivity contribution in [1.82, 2.24) is 29.5 Å². The Labute approximate surface area is 186 Å². The van der Waals surface area contributed by atoms with Crippen LogP contribution >= 0.6 is 0 Å². The molecular weight excluding hydrogens is 410 g/mol. The molecular formula is C22H29N7O3. The number of carbonyl (C=O) groups excluding carboxylic acids is 1. The lowest BCUT2D eigenvalue weighted by atomic mass is 10.1. The van der Waals surface area contributed by atoms with Gasteiger partial charge in [0.2, 0.25) is 5.95 Å². The van der Waals surface area contributed by atoms with Gasteiger partial charge in [-0.15, -0.1) is 0 Å². The van der Waals surface area contributed by atoms with Crippen molar-refractivity contribution in [3.63, 3.8) is 0 Å². The molecule has 32 heavy (non-hydrogen) atoms. The van der Waals surface area contributed by atoms with Gasteiger partial charge in [0, 0.05) is 36.6 Å². The van der Waals surface area contributed by atoms with Gasteiger partial charge in [-0.1, -0.05) is 0 Å². The Kier molecular flexibility index (Phi) is 4.85. The number of carbonyl (C=O) groups is 1. The van der Waals surface area contributed by atoms with Gasteiger partial charge in [0.1, 0.15) is 23.7 Å². The Bertz CT molecular complexity index is 1140. The quantitative estimate of drug-likeness (QED) is 0.626. The second-order valence-corrected chi connectivity index (χ2v) is 9.86. The van der Waals surface area contributed by atoms with Crippen molar-refractivity contribution in [3.8, 4) is 0 Å². The normalized spacial score (nSPS) is 22.1. The zero-order valence-corrected chi connectivity index (χ0v) is 18.8. The zero-order chi connectivity index (χ0) is 22.5. The maximum Gasteiger partial charge on any atom is 0.407 e. The average molecular weight is 440 g/mol. The Balaban J connectivity index is 1.33. The molecule has 0 spiro atoms. The third kappa shape index (κ3) is 4.14. The lowest BCUT2D eigenvalue weighted by molar-refractivity contribution is 0.0672. The number of nitrogens with zero attached hydrogens (tertiary/aromatic N) is 5. The average Bonchev–Trinajstić information content (AvgIpc) is 3.17. The van der Waals surface area contributed by atoms with Crippen LogP contribution in [0.15, 0.2) is 30.7 Å². The summed E-state index contributed by atoms with van der Waals surface area (Å²) < 4.78 is 15.3. The van der Waals surface area contributed by atoms with Crippen LogP contribution in [0, 0.1) is 0 Å². The van der Waals surface area contributed by atoms with Gasteiger partial charge < -0.3 is 20.1 Å².